The number of rotatable bonds is 4. The molecule has 1 fully saturated rings. The quantitative estimate of drug-likeness (QED) is 0.602. The van der Waals surface area contributed by atoms with Crippen molar-refractivity contribution in [2.45, 2.75) is 38.7 Å². The van der Waals surface area contributed by atoms with Crippen LogP contribution in [0.4, 0.5) is 5.69 Å². The fraction of sp³-hybridized carbons (Fsp3) is 0.348. The van der Waals surface area contributed by atoms with Gasteiger partial charge in [0.15, 0.2) is 0 Å². The van der Waals surface area contributed by atoms with E-state index in [2.05, 4.69) is 4.99 Å². The molecule has 0 N–H and O–H groups in total. The monoisotopic (exact) mass is 376 g/mol. The van der Waals surface area contributed by atoms with Crippen LogP contribution >= 0.6 is 0 Å². The topological polar surface area (TPSA) is 59.0 Å². The lowest BCUT2D eigenvalue weighted by atomic mass is 9.88. The molecular weight excluding hydrogens is 352 g/mol. The average Bonchev–Trinajstić information content (AvgIpc) is 3.21. The summed E-state index contributed by atoms with van der Waals surface area (Å²) in [7, 11) is 0. The molecule has 0 radical (unpaired) electrons. The number of aryl methyl sites for hydroxylation is 2. The van der Waals surface area contributed by atoms with Gasteiger partial charge in [-0.3, -0.25) is 14.6 Å². The normalized spacial score (nSPS) is 22.1. The molecule has 2 heterocycles. The SMILES string of the molecule is Cc1ccc(N2C(=O)c3ccccc3[C@H](C=NC[C@@H]3CCCO3)C2=O)cc1C. The number of aliphatic imine (C=N–C) groups is 1. The summed E-state index contributed by atoms with van der Waals surface area (Å²) in [6.45, 7) is 5.31. The Bertz CT molecular complexity index is 945. The van der Waals surface area contributed by atoms with Gasteiger partial charge in [-0.1, -0.05) is 24.3 Å². The van der Waals surface area contributed by atoms with Crippen molar-refractivity contribution in [3.8, 4) is 0 Å². The van der Waals surface area contributed by atoms with Gasteiger partial charge in [-0.25, -0.2) is 4.90 Å². The largest absolute Gasteiger partial charge is 0.376 e. The maximum Gasteiger partial charge on any atom is 0.265 e. The summed E-state index contributed by atoms with van der Waals surface area (Å²) in [5, 5.41) is 0. The van der Waals surface area contributed by atoms with Crippen LogP contribution in [-0.4, -0.2) is 37.3 Å². The van der Waals surface area contributed by atoms with E-state index in [0.717, 1.165) is 30.6 Å². The summed E-state index contributed by atoms with van der Waals surface area (Å²) >= 11 is 0. The van der Waals surface area contributed by atoms with Gasteiger partial charge in [0.2, 0.25) is 5.91 Å². The average molecular weight is 376 g/mol. The first-order valence-electron chi connectivity index (χ1n) is 9.72. The Morgan fingerprint density at radius 1 is 1.14 bits per heavy atom. The molecule has 2 atom stereocenters. The highest BCUT2D eigenvalue weighted by molar-refractivity contribution is 6.29. The molecule has 144 valence electrons. The van der Waals surface area contributed by atoms with Crippen LogP contribution in [0.2, 0.25) is 0 Å². The molecule has 2 aromatic rings. The molecule has 5 heteroatoms. The molecule has 2 amide bonds. The fourth-order valence-electron chi connectivity index (χ4n) is 3.78. The van der Waals surface area contributed by atoms with Gasteiger partial charge in [0.25, 0.3) is 5.91 Å². The van der Waals surface area contributed by atoms with E-state index in [9.17, 15) is 9.59 Å². The molecule has 0 aliphatic carbocycles. The lowest BCUT2D eigenvalue weighted by molar-refractivity contribution is -0.118. The molecule has 0 saturated carbocycles. The number of ether oxygens (including phenoxy) is 1. The molecule has 0 spiro atoms. The van der Waals surface area contributed by atoms with Crippen LogP contribution in [0.1, 0.15) is 45.8 Å². The molecule has 0 aromatic heterocycles. The molecule has 4 rings (SSSR count). The molecule has 28 heavy (non-hydrogen) atoms. The Kier molecular flexibility index (Phi) is 5.09. The number of anilines is 1. The van der Waals surface area contributed by atoms with Gasteiger partial charge >= 0.3 is 0 Å². The second-order valence-electron chi connectivity index (χ2n) is 7.46. The Balaban J connectivity index is 1.69. The van der Waals surface area contributed by atoms with E-state index in [-0.39, 0.29) is 17.9 Å². The molecule has 2 aliphatic heterocycles. The predicted octanol–water partition coefficient (Wildman–Crippen LogP) is 3.82. The second kappa shape index (κ2) is 7.68. The Labute approximate surface area is 165 Å². The minimum absolute atomic E-state index is 0.127. The first-order chi connectivity index (χ1) is 13.6. The maximum atomic E-state index is 13.3. The van der Waals surface area contributed by atoms with Crippen molar-refractivity contribution >= 4 is 23.7 Å². The van der Waals surface area contributed by atoms with E-state index in [4.69, 9.17) is 4.74 Å². The second-order valence-corrected chi connectivity index (χ2v) is 7.46. The van der Waals surface area contributed by atoms with Gasteiger partial charge < -0.3 is 4.74 Å². The highest BCUT2D eigenvalue weighted by Crippen LogP contribution is 2.32. The number of carbonyl (C=O) groups is 2. The van der Waals surface area contributed by atoms with E-state index >= 15 is 0 Å². The highest BCUT2D eigenvalue weighted by Gasteiger charge is 2.38. The van der Waals surface area contributed by atoms with Crippen molar-refractivity contribution in [3.05, 3.63) is 64.7 Å². The number of hydrogen-bond donors (Lipinski definition) is 0. The van der Waals surface area contributed by atoms with E-state index in [0.29, 0.717) is 23.4 Å². The lowest BCUT2D eigenvalue weighted by Gasteiger charge is -2.31. The zero-order valence-electron chi connectivity index (χ0n) is 16.2. The van der Waals surface area contributed by atoms with E-state index < -0.39 is 5.92 Å². The third kappa shape index (κ3) is 3.38. The zero-order chi connectivity index (χ0) is 19.7. The first kappa shape index (κ1) is 18.6. The summed E-state index contributed by atoms with van der Waals surface area (Å²) in [6, 6.07) is 12.9. The minimum atomic E-state index is -0.572. The number of amides is 2. The summed E-state index contributed by atoms with van der Waals surface area (Å²) in [5.41, 5.74) is 4.03. The van der Waals surface area contributed by atoms with Crippen molar-refractivity contribution in [3.63, 3.8) is 0 Å². The predicted molar refractivity (Wildman–Crippen MR) is 109 cm³/mol. The number of nitrogens with zero attached hydrogens (tertiary/aromatic N) is 2. The number of imide groups is 1. The summed E-state index contributed by atoms with van der Waals surface area (Å²) in [6.07, 6.45) is 3.87. The zero-order valence-corrected chi connectivity index (χ0v) is 16.2. The maximum absolute atomic E-state index is 13.3. The third-order valence-electron chi connectivity index (χ3n) is 5.55. The van der Waals surface area contributed by atoms with Crippen LogP contribution in [0, 0.1) is 13.8 Å². The number of fused-ring (bicyclic) bond motifs is 1. The summed E-state index contributed by atoms with van der Waals surface area (Å²) in [5.74, 6) is -1.12. The minimum Gasteiger partial charge on any atom is -0.376 e. The summed E-state index contributed by atoms with van der Waals surface area (Å²) < 4.78 is 5.61. The van der Waals surface area contributed by atoms with Crippen molar-refractivity contribution in [2.24, 2.45) is 4.99 Å². The smallest absolute Gasteiger partial charge is 0.265 e. The summed E-state index contributed by atoms with van der Waals surface area (Å²) in [4.78, 5) is 32.2. The van der Waals surface area contributed by atoms with Crippen LogP contribution in [0.25, 0.3) is 0 Å². The third-order valence-corrected chi connectivity index (χ3v) is 5.55. The molecule has 5 nitrogen and oxygen atoms in total. The Morgan fingerprint density at radius 3 is 2.71 bits per heavy atom. The fourth-order valence-corrected chi connectivity index (χ4v) is 3.78. The van der Waals surface area contributed by atoms with Gasteiger partial charge in [-0.05, 0) is 61.6 Å². The van der Waals surface area contributed by atoms with Crippen LogP contribution < -0.4 is 4.90 Å². The van der Waals surface area contributed by atoms with Gasteiger partial charge in [0, 0.05) is 18.4 Å². The van der Waals surface area contributed by atoms with E-state index in [1.807, 2.05) is 50.2 Å². The molecule has 0 bridgehead atoms. The van der Waals surface area contributed by atoms with Gasteiger partial charge in [-0.2, -0.15) is 0 Å². The Hall–Kier alpha value is -2.79. The van der Waals surface area contributed by atoms with Crippen LogP contribution in [0.3, 0.4) is 0 Å². The van der Waals surface area contributed by atoms with Crippen LogP contribution in [-0.2, 0) is 9.53 Å². The van der Waals surface area contributed by atoms with Crippen molar-refractivity contribution < 1.29 is 14.3 Å². The van der Waals surface area contributed by atoms with Crippen molar-refractivity contribution in [1.29, 1.82) is 0 Å². The van der Waals surface area contributed by atoms with Crippen molar-refractivity contribution in [1.82, 2.24) is 0 Å². The van der Waals surface area contributed by atoms with Gasteiger partial charge in [-0.15, -0.1) is 0 Å². The lowest BCUT2D eigenvalue weighted by Crippen LogP contribution is -2.45. The van der Waals surface area contributed by atoms with Crippen molar-refractivity contribution in [2.75, 3.05) is 18.1 Å². The number of hydrogen-bond acceptors (Lipinski definition) is 4. The molecule has 2 aromatic carbocycles. The van der Waals surface area contributed by atoms with E-state index in [1.54, 1.807) is 12.3 Å². The molecular formula is C23H24N2O3. The number of benzene rings is 2. The van der Waals surface area contributed by atoms with Gasteiger partial charge in [0.1, 0.15) is 0 Å². The van der Waals surface area contributed by atoms with Crippen LogP contribution in [0.15, 0.2) is 47.5 Å². The highest BCUT2D eigenvalue weighted by atomic mass is 16.5. The van der Waals surface area contributed by atoms with E-state index in [1.165, 1.54) is 4.90 Å². The molecule has 2 aliphatic rings. The Morgan fingerprint density at radius 2 is 1.96 bits per heavy atom. The number of carbonyl (C=O) groups excluding carboxylic acids is 2. The molecule has 0 unspecified atom stereocenters. The standard InChI is InChI=1S/C23H24N2O3/c1-15-9-10-17(12-16(15)2)25-22(26)20-8-4-3-7-19(20)21(23(25)27)14-24-13-18-6-5-11-28-18/h3-4,7-10,12,14,18,21H,5-6,11,13H2,1-2H3/t18-,21-/m0/s1. The first-order valence-corrected chi connectivity index (χ1v) is 9.72. The molecule has 1 saturated heterocycles. The van der Waals surface area contributed by atoms with Gasteiger partial charge in [0.05, 0.1) is 24.3 Å². The van der Waals surface area contributed by atoms with Crippen LogP contribution in [0.5, 0.6) is 0 Å².